The molecule has 4 aromatic rings. The van der Waals surface area contributed by atoms with Gasteiger partial charge >= 0.3 is 0 Å². The number of carbonyl (C=O) groups is 2. The summed E-state index contributed by atoms with van der Waals surface area (Å²) in [5.74, 6) is 0.903. The van der Waals surface area contributed by atoms with Crippen LogP contribution in [0.2, 0.25) is 5.02 Å². The Kier molecular flexibility index (Phi) is 7.99. The third kappa shape index (κ3) is 5.77. The molecule has 1 aliphatic rings. The zero-order valence-electron chi connectivity index (χ0n) is 21.7. The van der Waals surface area contributed by atoms with E-state index in [9.17, 15) is 14.9 Å². The van der Waals surface area contributed by atoms with E-state index in [4.69, 9.17) is 21.1 Å². The van der Waals surface area contributed by atoms with E-state index in [2.05, 4.69) is 21.8 Å². The fourth-order valence-corrected chi connectivity index (χ4v) is 4.35. The molecule has 2 heterocycles. The summed E-state index contributed by atoms with van der Waals surface area (Å²) >= 11 is 6.07. The van der Waals surface area contributed by atoms with Gasteiger partial charge in [-0.25, -0.2) is 4.68 Å². The van der Waals surface area contributed by atoms with E-state index in [0.717, 1.165) is 5.56 Å². The van der Waals surface area contributed by atoms with E-state index < -0.39 is 6.10 Å². The van der Waals surface area contributed by atoms with Gasteiger partial charge in [0.05, 0.1) is 5.69 Å². The number of benzene rings is 3. The topological polar surface area (TPSA) is 118 Å². The third-order valence-corrected chi connectivity index (χ3v) is 6.60. The lowest BCUT2D eigenvalue weighted by molar-refractivity contribution is -0.130. The van der Waals surface area contributed by atoms with E-state index in [1.165, 1.54) is 4.68 Å². The van der Waals surface area contributed by atoms with Crippen LogP contribution in [0.3, 0.4) is 0 Å². The minimum absolute atomic E-state index is 0.0480. The summed E-state index contributed by atoms with van der Waals surface area (Å²) < 4.78 is 12.9. The molecule has 0 spiro atoms. The second-order valence-electron chi connectivity index (χ2n) is 9.20. The van der Waals surface area contributed by atoms with Crippen molar-refractivity contribution in [3.05, 3.63) is 100 Å². The molecule has 1 aromatic heterocycles. The molecule has 1 amide bonds. The van der Waals surface area contributed by atoms with E-state index in [1.807, 2.05) is 31.2 Å². The van der Waals surface area contributed by atoms with E-state index in [1.54, 1.807) is 48.5 Å². The van der Waals surface area contributed by atoms with E-state index >= 15 is 0 Å². The van der Waals surface area contributed by atoms with Crippen LogP contribution in [0.4, 0.5) is 5.82 Å². The zero-order valence-corrected chi connectivity index (χ0v) is 22.4. The average molecular weight is 556 g/mol. The second-order valence-corrected chi connectivity index (χ2v) is 9.64. The molecule has 0 saturated carbocycles. The highest BCUT2D eigenvalue weighted by molar-refractivity contribution is 6.30. The van der Waals surface area contributed by atoms with Crippen molar-refractivity contribution in [3.63, 3.8) is 0 Å². The Morgan fingerprint density at radius 1 is 1.05 bits per heavy atom. The summed E-state index contributed by atoms with van der Waals surface area (Å²) in [5, 5.41) is 21.2. The normalized spacial score (nSPS) is 13.8. The summed E-state index contributed by atoms with van der Waals surface area (Å²) in [4.78, 5) is 25.9. The van der Waals surface area contributed by atoms with Crippen LogP contribution >= 0.6 is 11.6 Å². The molecule has 2 N–H and O–H groups in total. The SMILES string of the molecule is Cc1ccc(C(=O)c2nn(-c3ccc(Cl)cc3)c(NCCCNC(=O)C3COc4ccccc4O3)c2C#N)cc1. The van der Waals surface area contributed by atoms with Crippen molar-refractivity contribution in [2.45, 2.75) is 19.4 Å². The third-order valence-electron chi connectivity index (χ3n) is 6.34. The Morgan fingerprint density at radius 3 is 2.50 bits per heavy atom. The molecule has 0 fully saturated rings. The Balaban J connectivity index is 1.28. The van der Waals surface area contributed by atoms with Gasteiger partial charge in [0.2, 0.25) is 11.9 Å². The van der Waals surface area contributed by atoms with Crippen molar-refractivity contribution in [2.24, 2.45) is 0 Å². The molecule has 0 bridgehead atoms. The van der Waals surface area contributed by atoms with Crippen molar-refractivity contribution < 1.29 is 19.1 Å². The first-order valence-electron chi connectivity index (χ1n) is 12.7. The molecule has 0 radical (unpaired) electrons. The number of hydrogen-bond donors (Lipinski definition) is 2. The highest BCUT2D eigenvalue weighted by Crippen LogP contribution is 2.31. The predicted molar refractivity (Wildman–Crippen MR) is 150 cm³/mol. The Bertz CT molecular complexity index is 1580. The van der Waals surface area contributed by atoms with Crippen LogP contribution in [0.1, 0.15) is 33.6 Å². The fourth-order valence-electron chi connectivity index (χ4n) is 4.23. The molecule has 202 valence electrons. The maximum Gasteiger partial charge on any atom is 0.264 e. The lowest BCUT2D eigenvalue weighted by atomic mass is 10.0. The number of ketones is 1. The molecule has 0 aliphatic carbocycles. The number of nitrogens with zero attached hydrogens (tertiary/aromatic N) is 3. The highest BCUT2D eigenvalue weighted by atomic mass is 35.5. The average Bonchev–Trinajstić information content (AvgIpc) is 3.35. The molecule has 40 heavy (non-hydrogen) atoms. The maximum absolute atomic E-state index is 13.3. The van der Waals surface area contributed by atoms with Crippen molar-refractivity contribution in [1.82, 2.24) is 15.1 Å². The predicted octanol–water partition coefficient (Wildman–Crippen LogP) is 4.70. The van der Waals surface area contributed by atoms with E-state index in [0.29, 0.717) is 53.1 Å². The standard InChI is InChI=1S/C30H26ClN5O4/c1-19-7-9-20(10-8-19)28(37)27-23(17-32)29(36(35-27)22-13-11-21(31)12-14-22)33-15-4-16-34-30(38)26-18-39-24-5-2-3-6-25(24)40-26/h2-3,5-14,26,33H,4,15-16,18H2,1H3,(H,34,38). The highest BCUT2D eigenvalue weighted by Gasteiger charge is 2.27. The number of ether oxygens (including phenoxy) is 2. The molecule has 0 saturated heterocycles. The number of nitrogens with one attached hydrogen (secondary N) is 2. The van der Waals surface area contributed by atoms with Gasteiger partial charge in [0, 0.05) is 23.7 Å². The smallest absolute Gasteiger partial charge is 0.264 e. The Hall–Kier alpha value is -4.81. The minimum atomic E-state index is -0.741. The number of amides is 1. The number of aryl methyl sites for hydroxylation is 1. The van der Waals surface area contributed by atoms with Crippen molar-refractivity contribution in [2.75, 3.05) is 25.0 Å². The van der Waals surface area contributed by atoms with Gasteiger partial charge in [0.15, 0.2) is 17.2 Å². The van der Waals surface area contributed by atoms with Crippen LogP contribution in [-0.4, -0.2) is 47.3 Å². The number of para-hydroxylation sites is 2. The minimum Gasteiger partial charge on any atom is -0.485 e. The molecule has 3 aromatic carbocycles. The van der Waals surface area contributed by atoms with Crippen LogP contribution in [0.5, 0.6) is 11.5 Å². The Labute approximate surface area is 236 Å². The van der Waals surface area contributed by atoms with Gasteiger partial charge in [-0.1, -0.05) is 53.6 Å². The largest absolute Gasteiger partial charge is 0.485 e. The van der Waals surface area contributed by atoms with Gasteiger partial charge in [0.1, 0.15) is 24.1 Å². The summed E-state index contributed by atoms with van der Waals surface area (Å²) in [5.41, 5.74) is 2.27. The number of halogens is 1. The van der Waals surface area contributed by atoms with Crippen LogP contribution < -0.4 is 20.1 Å². The molecule has 10 heteroatoms. The maximum atomic E-state index is 13.3. The van der Waals surface area contributed by atoms with Crippen molar-refractivity contribution in [3.8, 4) is 23.3 Å². The lowest BCUT2D eigenvalue weighted by Gasteiger charge is -2.25. The summed E-state index contributed by atoms with van der Waals surface area (Å²) in [7, 11) is 0. The first-order chi connectivity index (χ1) is 19.4. The van der Waals surface area contributed by atoms with Crippen molar-refractivity contribution >= 4 is 29.1 Å². The molecule has 1 aliphatic heterocycles. The van der Waals surface area contributed by atoms with Crippen LogP contribution in [-0.2, 0) is 4.79 Å². The quantitative estimate of drug-likeness (QED) is 0.227. The number of rotatable bonds is 9. The van der Waals surface area contributed by atoms with Crippen molar-refractivity contribution in [1.29, 1.82) is 5.26 Å². The van der Waals surface area contributed by atoms with E-state index in [-0.39, 0.29) is 29.6 Å². The molecule has 9 nitrogen and oxygen atoms in total. The summed E-state index contributed by atoms with van der Waals surface area (Å²) in [6.45, 7) is 2.82. The van der Waals surface area contributed by atoms with Gasteiger partial charge in [-0.15, -0.1) is 0 Å². The molecule has 5 rings (SSSR count). The molecule has 1 atom stereocenters. The fraction of sp³-hybridized carbons (Fsp3) is 0.200. The summed E-state index contributed by atoms with van der Waals surface area (Å²) in [6.07, 6.45) is -0.205. The molecular formula is C30H26ClN5O4. The van der Waals surface area contributed by atoms with Crippen LogP contribution in [0.25, 0.3) is 5.69 Å². The number of hydrogen-bond acceptors (Lipinski definition) is 7. The number of fused-ring (bicyclic) bond motifs is 1. The number of anilines is 1. The van der Waals surface area contributed by atoms with Gasteiger partial charge < -0.3 is 20.1 Å². The van der Waals surface area contributed by atoms with Gasteiger partial charge in [0.25, 0.3) is 5.91 Å². The molecular weight excluding hydrogens is 530 g/mol. The lowest BCUT2D eigenvalue weighted by Crippen LogP contribution is -2.44. The number of nitriles is 1. The Morgan fingerprint density at radius 2 is 1.77 bits per heavy atom. The monoisotopic (exact) mass is 555 g/mol. The first kappa shape index (κ1) is 26.8. The van der Waals surface area contributed by atoms with Gasteiger partial charge in [-0.3, -0.25) is 9.59 Å². The first-order valence-corrected chi connectivity index (χ1v) is 13.1. The molecule has 1 unspecified atom stereocenters. The second kappa shape index (κ2) is 11.9. The van der Waals surface area contributed by atoms with Gasteiger partial charge in [-0.05, 0) is 49.7 Å². The number of carbonyl (C=O) groups excluding carboxylic acids is 2. The summed E-state index contributed by atoms with van der Waals surface area (Å²) in [6, 6.07) is 23.4. The van der Waals surface area contributed by atoms with Crippen LogP contribution in [0.15, 0.2) is 72.8 Å². The van der Waals surface area contributed by atoms with Gasteiger partial charge in [-0.2, -0.15) is 10.4 Å². The van der Waals surface area contributed by atoms with Crippen LogP contribution in [0, 0.1) is 18.3 Å². The zero-order chi connectivity index (χ0) is 28.1. The number of aromatic nitrogens is 2.